The number of rotatable bonds is 14. The first-order valence-corrected chi connectivity index (χ1v) is 13.6. The fourth-order valence-electron chi connectivity index (χ4n) is 4.12. The van der Waals surface area contributed by atoms with Crippen molar-refractivity contribution in [3.63, 3.8) is 0 Å². The molecule has 8 heteroatoms. The maximum atomic E-state index is 12.8. The minimum absolute atomic E-state index is 0.0767. The molecule has 200 valence electrons. The Morgan fingerprint density at radius 3 is 1.43 bits per heavy atom. The second-order valence-electron chi connectivity index (χ2n) is 9.81. The maximum Gasteiger partial charge on any atom is 0.321 e. The molecule has 4 amide bonds. The first-order valence-electron chi connectivity index (χ1n) is 13.6. The average Bonchev–Trinajstić information content (AvgIpc) is 3.84. The van der Waals surface area contributed by atoms with E-state index in [1.54, 1.807) is 9.80 Å². The van der Waals surface area contributed by atoms with Crippen LogP contribution in [0.25, 0.3) is 0 Å². The van der Waals surface area contributed by atoms with E-state index in [-0.39, 0.29) is 24.3 Å². The number of amides is 4. The van der Waals surface area contributed by atoms with Crippen LogP contribution in [0.1, 0.15) is 50.7 Å². The molecule has 37 heavy (non-hydrogen) atoms. The maximum absolute atomic E-state index is 12.8. The third-order valence-electron chi connectivity index (χ3n) is 6.58. The van der Waals surface area contributed by atoms with E-state index >= 15 is 0 Å². The third-order valence-corrected chi connectivity index (χ3v) is 6.58. The van der Waals surface area contributed by atoms with Crippen LogP contribution in [0.15, 0.2) is 48.5 Å². The lowest BCUT2D eigenvalue weighted by molar-refractivity contribution is 0.244. The third kappa shape index (κ3) is 8.47. The highest BCUT2D eigenvalue weighted by atomic mass is 16.6. The molecule has 2 N–H and O–H groups in total. The van der Waals surface area contributed by atoms with Crippen molar-refractivity contribution < 1.29 is 19.1 Å². The smallest absolute Gasteiger partial charge is 0.321 e. The van der Waals surface area contributed by atoms with Crippen LogP contribution in [-0.2, 0) is 15.9 Å². The number of anilines is 2. The largest absolute Gasteiger partial charge is 0.371 e. The summed E-state index contributed by atoms with van der Waals surface area (Å²) in [5.41, 5.74) is 4.06. The van der Waals surface area contributed by atoms with Crippen LogP contribution in [0.5, 0.6) is 0 Å². The molecule has 0 spiro atoms. The van der Waals surface area contributed by atoms with Gasteiger partial charge in [0, 0.05) is 24.5 Å². The van der Waals surface area contributed by atoms with Crippen molar-refractivity contribution in [1.29, 1.82) is 0 Å². The van der Waals surface area contributed by atoms with E-state index in [9.17, 15) is 9.59 Å². The Kier molecular flexibility index (Phi) is 9.79. The zero-order valence-electron chi connectivity index (χ0n) is 22.1. The number of unbranched alkanes of at least 4 members (excludes halogenated alkanes) is 2. The number of hydrogen-bond acceptors (Lipinski definition) is 4. The topological polar surface area (TPSA) is 89.7 Å². The number of carbonyl (C=O) groups excluding carboxylic acids is 2. The monoisotopic (exact) mass is 508 g/mol. The van der Waals surface area contributed by atoms with Gasteiger partial charge >= 0.3 is 12.1 Å². The molecule has 0 aromatic heterocycles. The van der Waals surface area contributed by atoms with E-state index in [2.05, 4.69) is 48.7 Å². The number of ether oxygens (including phenoxy) is 2. The highest BCUT2D eigenvalue weighted by Gasteiger charge is 2.29. The lowest BCUT2D eigenvalue weighted by Gasteiger charge is -2.23. The van der Waals surface area contributed by atoms with E-state index < -0.39 is 0 Å². The summed E-state index contributed by atoms with van der Waals surface area (Å²) in [7, 11) is 0. The molecule has 2 saturated heterocycles. The predicted molar refractivity (Wildman–Crippen MR) is 146 cm³/mol. The van der Waals surface area contributed by atoms with Crippen LogP contribution in [0, 0.1) is 0 Å². The molecule has 2 aromatic carbocycles. The van der Waals surface area contributed by atoms with Gasteiger partial charge < -0.3 is 20.1 Å². The Morgan fingerprint density at radius 2 is 1.11 bits per heavy atom. The van der Waals surface area contributed by atoms with Gasteiger partial charge in [-0.1, -0.05) is 51.0 Å². The number of epoxide rings is 2. The lowest BCUT2D eigenvalue weighted by Crippen LogP contribution is -2.42. The second kappa shape index (κ2) is 13.4. The summed E-state index contributed by atoms with van der Waals surface area (Å²) in [5, 5.41) is 6.03. The zero-order valence-corrected chi connectivity index (χ0v) is 22.1. The molecule has 0 saturated carbocycles. The number of hydrogen-bond donors (Lipinski definition) is 2. The number of nitrogens with zero attached hydrogens (tertiary/aromatic N) is 2. The highest BCUT2D eigenvalue weighted by Crippen LogP contribution is 2.23. The molecule has 2 aliphatic rings. The van der Waals surface area contributed by atoms with Gasteiger partial charge in [-0.2, -0.15) is 0 Å². The zero-order chi connectivity index (χ0) is 26.0. The summed E-state index contributed by atoms with van der Waals surface area (Å²) in [6, 6.07) is 16.1. The molecule has 2 atom stereocenters. The van der Waals surface area contributed by atoms with Gasteiger partial charge in [-0.3, -0.25) is 9.80 Å². The number of benzene rings is 2. The Hall–Kier alpha value is -3.10. The van der Waals surface area contributed by atoms with E-state index in [4.69, 9.17) is 9.47 Å². The van der Waals surface area contributed by atoms with Gasteiger partial charge in [0.05, 0.1) is 38.5 Å². The predicted octanol–water partition coefficient (Wildman–Crippen LogP) is 4.71. The summed E-state index contributed by atoms with van der Waals surface area (Å²) in [5.74, 6) is 0. The van der Waals surface area contributed by atoms with Crippen molar-refractivity contribution in [2.24, 2.45) is 0 Å². The summed E-state index contributed by atoms with van der Waals surface area (Å²) in [6.07, 6.45) is 5.02. The number of carbonyl (C=O) groups is 2. The second-order valence-corrected chi connectivity index (χ2v) is 9.81. The molecule has 8 nitrogen and oxygen atoms in total. The standard InChI is InChI=1S/C29H40N4O4/c1-3-5-15-30-28(34)32(18-26-20-36-26)24-11-7-22(8-12-24)17-23-9-13-25(14-10-23)33(19-27-21-37-27)29(35)31-16-6-4-2/h7-14,26-27H,3-6,15-21H2,1-2H3,(H,30,34)(H,31,35). The van der Waals surface area contributed by atoms with E-state index in [1.165, 1.54) is 0 Å². The fraction of sp³-hybridized carbons (Fsp3) is 0.517. The Morgan fingerprint density at radius 1 is 0.730 bits per heavy atom. The van der Waals surface area contributed by atoms with Gasteiger partial charge in [-0.15, -0.1) is 0 Å². The average molecular weight is 509 g/mol. The SMILES string of the molecule is CCCCNC(=O)N(CC1CO1)c1ccc(Cc2ccc(N(CC3CO3)C(=O)NCCCC)cc2)cc1. The number of urea groups is 2. The Bertz CT molecular complexity index is 922. The van der Waals surface area contributed by atoms with Crippen LogP contribution >= 0.6 is 0 Å². The van der Waals surface area contributed by atoms with Crippen LogP contribution in [-0.4, -0.2) is 63.7 Å². The van der Waals surface area contributed by atoms with Gasteiger partial charge in [0.15, 0.2) is 0 Å². The molecule has 2 unspecified atom stereocenters. The fourth-order valence-corrected chi connectivity index (χ4v) is 4.12. The van der Waals surface area contributed by atoms with Gasteiger partial charge in [-0.25, -0.2) is 9.59 Å². The normalized spacial score (nSPS) is 17.7. The van der Waals surface area contributed by atoms with Gasteiger partial charge in [-0.05, 0) is 54.7 Å². The molecule has 4 rings (SSSR count). The highest BCUT2D eigenvalue weighted by molar-refractivity contribution is 5.92. The van der Waals surface area contributed by atoms with Gasteiger partial charge in [0.2, 0.25) is 0 Å². The minimum atomic E-state index is -0.0767. The summed E-state index contributed by atoms with van der Waals surface area (Å²) in [6.45, 7) is 8.11. The Balaban J connectivity index is 1.37. The summed E-state index contributed by atoms with van der Waals surface area (Å²) < 4.78 is 10.7. The van der Waals surface area contributed by atoms with Crippen LogP contribution < -0.4 is 20.4 Å². The first kappa shape index (κ1) is 26.9. The molecular weight excluding hydrogens is 468 g/mol. The van der Waals surface area contributed by atoms with Crippen LogP contribution in [0.3, 0.4) is 0 Å². The summed E-state index contributed by atoms with van der Waals surface area (Å²) >= 11 is 0. The van der Waals surface area contributed by atoms with Crippen molar-refractivity contribution in [3.05, 3.63) is 59.7 Å². The molecule has 2 heterocycles. The number of nitrogens with one attached hydrogen (secondary N) is 2. The molecular formula is C29H40N4O4. The van der Waals surface area contributed by atoms with Crippen LogP contribution in [0.2, 0.25) is 0 Å². The van der Waals surface area contributed by atoms with Crippen molar-refractivity contribution in [3.8, 4) is 0 Å². The first-order chi connectivity index (χ1) is 18.1. The van der Waals surface area contributed by atoms with Crippen molar-refractivity contribution in [1.82, 2.24) is 10.6 Å². The quantitative estimate of drug-likeness (QED) is 0.286. The molecule has 2 aromatic rings. The Labute approximate surface area is 220 Å². The van der Waals surface area contributed by atoms with Gasteiger partial charge in [0.25, 0.3) is 0 Å². The van der Waals surface area contributed by atoms with Crippen LogP contribution in [0.4, 0.5) is 21.0 Å². The molecule has 0 aliphatic carbocycles. The van der Waals surface area contributed by atoms with Crippen molar-refractivity contribution in [2.45, 2.75) is 58.2 Å². The van der Waals surface area contributed by atoms with Crippen molar-refractivity contribution in [2.75, 3.05) is 49.2 Å². The molecule has 2 fully saturated rings. The minimum Gasteiger partial charge on any atom is -0.371 e. The summed E-state index contributed by atoms with van der Waals surface area (Å²) in [4.78, 5) is 29.1. The van der Waals surface area contributed by atoms with Gasteiger partial charge in [0.1, 0.15) is 0 Å². The lowest BCUT2D eigenvalue weighted by atomic mass is 10.0. The van der Waals surface area contributed by atoms with E-state index in [1.807, 2.05) is 24.3 Å². The van der Waals surface area contributed by atoms with E-state index in [0.717, 1.165) is 54.6 Å². The van der Waals surface area contributed by atoms with E-state index in [0.29, 0.717) is 39.4 Å². The van der Waals surface area contributed by atoms with Crippen molar-refractivity contribution >= 4 is 23.4 Å². The molecule has 2 aliphatic heterocycles. The molecule has 0 bridgehead atoms. The molecule has 0 radical (unpaired) electrons.